The van der Waals surface area contributed by atoms with Crippen LogP contribution in [-0.2, 0) is 13.0 Å². The minimum absolute atomic E-state index is 0.0203. The van der Waals surface area contributed by atoms with Gasteiger partial charge < -0.3 is 5.32 Å². The highest BCUT2D eigenvalue weighted by atomic mass is 16.1. The molecule has 1 aromatic heterocycles. The van der Waals surface area contributed by atoms with Gasteiger partial charge in [0.15, 0.2) is 0 Å². The number of aromatic nitrogens is 2. The van der Waals surface area contributed by atoms with Crippen molar-refractivity contribution in [1.82, 2.24) is 19.8 Å². The van der Waals surface area contributed by atoms with E-state index in [1.807, 2.05) is 4.57 Å². The van der Waals surface area contributed by atoms with Gasteiger partial charge in [0, 0.05) is 37.7 Å². The molecule has 1 saturated heterocycles. The van der Waals surface area contributed by atoms with Crippen LogP contribution in [0.4, 0.5) is 0 Å². The highest BCUT2D eigenvalue weighted by molar-refractivity contribution is 5.97. The smallest absolute Gasteiger partial charge is 0.261 e. The van der Waals surface area contributed by atoms with Gasteiger partial charge in [0.2, 0.25) is 0 Å². The quantitative estimate of drug-likeness (QED) is 0.899. The van der Waals surface area contributed by atoms with Crippen molar-refractivity contribution in [3.8, 4) is 0 Å². The van der Waals surface area contributed by atoms with Crippen LogP contribution in [0.1, 0.15) is 55.2 Å². The molecular weight excluding hydrogens is 340 g/mol. The summed E-state index contributed by atoms with van der Waals surface area (Å²) in [5.74, 6) is 0.756. The molecule has 3 heterocycles. The van der Waals surface area contributed by atoms with E-state index in [2.05, 4.69) is 17.1 Å². The maximum absolute atomic E-state index is 12.8. The first-order valence-corrected chi connectivity index (χ1v) is 10.2. The molecular formula is C21H28N4O2. The number of likely N-dealkylation sites (tertiary alicyclic amines) is 1. The third kappa shape index (κ3) is 3.76. The fourth-order valence-electron chi connectivity index (χ4n) is 4.30. The molecule has 1 aromatic carbocycles. The molecule has 2 aliphatic rings. The first-order valence-electron chi connectivity index (χ1n) is 10.2. The Labute approximate surface area is 159 Å². The van der Waals surface area contributed by atoms with Crippen LogP contribution < -0.4 is 10.9 Å². The van der Waals surface area contributed by atoms with Crippen molar-refractivity contribution in [2.24, 2.45) is 0 Å². The maximum Gasteiger partial charge on any atom is 0.261 e. The number of fused-ring (bicyclic) bond motifs is 2. The summed E-state index contributed by atoms with van der Waals surface area (Å²) in [6.45, 7) is 5.63. The van der Waals surface area contributed by atoms with Crippen LogP contribution in [0.15, 0.2) is 23.0 Å². The van der Waals surface area contributed by atoms with Gasteiger partial charge >= 0.3 is 0 Å². The van der Waals surface area contributed by atoms with Crippen molar-refractivity contribution in [1.29, 1.82) is 0 Å². The van der Waals surface area contributed by atoms with Gasteiger partial charge in [-0.15, -0.1) is 0 Å². The Hall–Kier alpha value is -2.21. The summed E-state index contributed by atoms with van der Waals surface area (Å²) in [6, 6.07) is 5.86. The van der Waals surface area contributed by atoms with Gasteiger partial charge in [-0.05, 0) is 57.4 Å². The lowest BCUT2D eigenvalue weighted by molar-refractivity contribution is 0.0948. The number of carbonyl (C=O) groups is 1. The molecule has 1 N–H and O–H groups in total. The van der Waals surface area contributed by atoms with Crippen LogP contribution in [0.25, 0.3) is 10.9 Å². The minimum atomic E-state index is -0.0967. The Morgan fingerprint density at radius 3 is 2.93 bits per heavy atom. The number of benzene rings is 1. The molecule has 0 saturated carbocycles. The van der Waals surface area contributed by atoms with Crippen LogP contribution in [0.3, 0.4) is 0 Å². The second-order valence-electron chi connectivity index (χ2n) is 7.81. The van der Waals surface area contributed by atoms with Crippen molar-refractivity contribution >= 4 is 16.8 Å². The summed E-state index contributed by atoms with van der Waals surface area (Å²) < 4.78 is 1.81. The third-order valence-corrected chi connectivity index (χ3v) is 5.95. The van der Waals surface area contributed by atoms with Crippen LogP contribution in [0, 0.1) is 0 Å². The van der Waals surface area contributed by atoms with E-state index in [0.717, 1.165) is 51.1 Å². The molecule has 4 rings (SSSR count). The highest BCUT2D eigenvalue weighted by Gasteiger charge is 2.20. The van der Waals surface area contributed by atoms with Gasteiger partial charge in [-0.1, -0.05) is 6.42 Å². The van der Waals surface area contributed by atoms with Crippen molar-refractivity contribution in [3.05, 3.63) is 39.9 Å². The molecule has 0 unspecified atom stereocenters. The van der Waals surface area contributed by atoms with Gasteiger partial charge in [0.25, 0.3) is 11.5 Å². The molecule has 144 valence electrons. The zero-order valence-corrected chi connectivity index (χ0v) is 16.0. The molecule has 0 aliphatic carbocycles. The molecule has 1 fully saturated rings. The average molecular weight is 368 g/mol. The number of hydrogen-bond donors (Lipinski definition) is 1. The largest absolute Gasteiger partial charge is 0.351 e. The number of nitrogens with one attached hydrogen (secondary N) is 1. The lowest BCUT2D eigenvalue weighted by Gasteiger charge is -2.20. The summed E-state index contributed by atoms with van der Waals surface area (Å²) in [5, 5.41) is 3.61. The SMILES string of the molecule is C[C@@H]1CCCN1CCNC(=O)c1ccc2c(=O)n3c(nc2c1)CCCCC3. The number of nitrogens with zero attached hydrogens (tertiary/aromatic N) is 3. The van der Waals surface area contributed by atoms with Gasteiger partial charge in [-0.25, -0.2) is 4.98 Å². The van der Waals surface area contributed by atoms with Gasteiger partial charge in [-0.3, -0.25) is 19.1 Å². The zero-order chi connectivity index (χ0) is 18.8. The lowest BCUT2D eigenvalue weighted by Crippen LogP contribution is -2.36. The molecule has 2 aliphatic heterocycles. The van der Waals surface area contributed by atoms with Crippen molar-refractivity contribution < 1.29 is 4.79 Å². The zero-order valence-electron chi connectivity index (χ0n) is 16.0. The van der Waals surface area contributed by atoms with E-state index in [9.17, 15) is 9.59 Å². The Kier molecular flexibility index (Phi) is 5.25. The van der Waals surface area contributed by atoms with E-state index >= 15 is 0 Å². The molecule has 1 atom stereocenters. The van der Waals surface area contributed by atoms with E-state index in [0.29, 0.717) is 29.1 Å². The van der Waals surface area contributed by atoms with E-state index < -0.39 is 0 Å². The highest BCUT2D eigenvalue weighted by Crippen LogP contribution is 2.17. The summed E-state index contributed by atoms with van der Waals surface area (Å²) >= 11 is 0. The van der Waals surface area contributed by atoms with E-state index in [4.69, 9.17) is 4.98 Å². The number of carbonyl (C=O) groups excluding carboxylic acids is 1. The van der Waals surface area contributed by atoms with Crippen LogP contribution >= 0.6 is 0 Å². The van der Waals surface area contributed by atoms with Gasteiger partial charge in [0.1, 0.15) is 5.82 Å². The number of amides is 1. The molecule has 1 amide bonds. The second kappa shape index (κ2) is 7.80. The Bertz CT molecular complexity index is 905. The third-order valence-electron chi connectivity index (χ3n) is 5.95. The van der Waals surface area contributed by atoms with Crippen molar-refractivity contribution in [3.63, 3.8) is 0 Å². The number of rotatable bonds is 4. The fraction of sp³-hybridized carbons (Fsp3) is 0.571. The number of aryl methyl sites for hydroxylation is 1. The second-order valence-corrected chi connectivity index (χ2v) is 7.81. The monoisotopic (exact) mass is 368 g/mol. The fourth-order valence-corrected chi connectivity index (χ4v) is 4.30. The molecule has 6 heteroatoms. The number of hydrogen-bond acceptors (Lipinski definition) is 4. The molecule has 6 nitrogen and oxygen atoms in total. The minimum Gasteiger partial charge on any atom is -0.351 e. The molecule has 0 radical (unpaired) electrons. The normalized spacial score (nSPS) is 20.4. The summed E-state index contributed by atoms with van der Waals surface area (Å²) in [6.07, 6.45) is 6.52. The maximum atomic E-state index is 12.8. The average Bonchev–Trinajstić information content (AvgIpc) is 2.93. The van der Waals surface area contributed by atoms with Gasteiger partial charge in [0.05, 0.1) is 10.9 Å². The summed E-state index contributed by atoms with van der Waals surface area (Å²) in [5.41, 5.74) is 1.23. The topological polar surface area (TPSA) is 67.2 Å². The van der Waals surface area contributed by atoms with E-state index in [1.165, 1.54) is 12.8 Å². The predicted octanol–water partition coefficient (Wildman–Crippen LogP) is 2.34. The van der Waals surface area contributed by atoms with E-state index in [1.54, 1.807) is 18.2 Å². The van der Waals surface area contributed by atoms with Crippen molar-refractivity contribution in [2.45, 2.75) is 58.0 Å². The molecule has 0 spiro atoms. The standard InChI is InChI=1S/C21H28N4O2/c1-15-6-5-11-24(15)13-10-22-20(26)16-8-9-17-18(14-16)23-19-7-3-2-4-12-25(19)21(17)27/h8-9,14-15H,2-7,10-13H2,1H3,(H,22,26)/t15-/m1/s1. The molecule has 27 heavy (non-hydrogen) atoms. The summed E-state index contributed by atoms with van der Waals surface area (Å²) in [4.78, 5) is 32.4. The lowest BCUT2D eigenvalue weighted by atomic mass is 10.1. The first kappa shape index (κ1) is 18.2. The predicted molar refractivity (Wildman–Crippen MR) is 106 cm³/mol. The van der Waals surface area contributed by atoms with Crippen LogP contribution in [-0.4, -0.2) is 46.0 Å². The summed E-state index contributed by atoms with van der Waals surface area (Å²) in [7, 11) is 0. The molecule has 2 aromatic rings. The van der Waals surface area contributed by atoms with Crippen LogP contribution in [0.2, 0.25) is 0 Å². The first-order chi connectivity index (χ1) is 13.1. The van der Waals surface area contributed by atoms with E-state index in [-0.39, 0.29) is 11.5 Å². The Morgan fingerprint density at radius 1 is 1.22 bits per heavy atom. The molecule has 0 bridgehead atoms. The Balaban J connectivity index is 1.50. The van der Waals surface area contributed by atoms with Crippen molar-refractivity contribution in [2.75, 3.05) is 19.6 Å². The van der Waals surface area contributed by atoms with Gasteiger partial charge in [-0.2, -0.15) is 0 Å². The van der Waals surface area contributed by atoms with Crippen LogP contribution in [0.5, 0.6) is 0 Å². The Morgan fingerprint density at radius 2 is 2.11 bits per heavy atom.